The largest absolute Gasteiger partial charge is 0.330 e. The van der Waals surface area contributed by atoms with Gasteiger partial charge in [0, 0.05) is 23.2 Å². The van der Waals surface area contributed by atoms with E-state index in [1.54, 1.807) is 0 Å². The number of rotatable bonds is 5. The number of hydrogen-bond donors (Lipinski definition) is 1. The lowest BCUT2D eigenvalue weighted by Gasteiger charge is -2.14. The van der Waals surface area contributed by atoms with E-state index in [1.165, 1.54) is 5.56 Å². The van der Waals surface area contributed by atoms with Crippen LogP contribution in [0.1, 0.15) is 37.1 Å². The van der Waals surface area contributed by atoms with Crippen molar-refractivity contribution in [1.82, 2.24) is 9.78 Å². The van der Waals surface area contributed by atoms with Crippen molar-refractivity contribution in [2.45, 2.75) is 32.2 Å². The van der Waals surface area contributed by atoms with Crippen molar-refractivity contribution in [3.63, 3.8) is 0 Å². The van der Waals surface area contributed by atoms with E-state index in [1.807, 2.05) is 29.1 Å². The second kappa shape index (κ2) is 6.22. The molecule has 0 bridgehead atoms. The van der Waals surface area contributed by atoms with Gasteiger partial charge in [-0.3, -0.25) is 4.68 Å². The van der Waals surface area contributed by atoms with Gasteiger partial charge in [0.05, 0.1) is 5.69 Å². The van der Waals surface area contributed by atoms with E-state index in [0.717, 1.165) is 17.1 Å². The Kier molecular flexibility index (Phi) is 4.61. The molecule has 0 fully saturated rings. The van der Waals surface area contributed by atoms with Crippen molar-refractivity contribution in [3.05, 3.63) is 52.8 Å². The van der Waals surface area contributed by atoms with Gasteiger partial charge in [0.25, 0.3) is 0 Å². The molecule has 0 amide bonds. The van der Waals surface area contributed by atoms with Gasteiger partial charge in [-0.2, -0.15) is 5.10 Å². The molecule has 0 saturated heterocycles. The molecule has 1 unspecified atom stereocenters. The molecule has 0 radical (unpaired) electrons. The standard InChI is InChI=1S/C15H20ClN3/c1-11(2)19-7-6-15(18-19)9-13(10-17)12-4-3-5-14(16)8-12/h3-8,11,13H,9-10,17H2,1-2H3. The smallest absolute Gasteiger partial charge is 0.0631 e. The topological polar surface area (TPSA) is 43.8 Å². The summed E-state index contributed by atoms with van der Waals surface area (Å²) in [5.41, 5.74) is 8.14. The highest BCUT2D eigenvalue weighted by molar-refractivity contribution is 6.30. The molecule has 0 saturated carbocycles. The molecule has 0 aliphatic carbocycles. The van der Waals surface area contributed by atoms with Crippen LogP contribution < -0.4 is 5.73 Å². The van der Waals surface area contributed by atoms with Crippen LogP contribution in [-0.4, -0.2) is 16.3 Å². The zero-order valence-corrected chi connectivity index (χ0v) is 12.1. The molecule has 1 aromatic heterocycles. The molecular weight excluding hydrogens is 258 g/mol. The maximum atomic E-state index is 6.03. The summed E-state index contributed by atoms with van der Waals surface area (Å²) < 4.78 is 1.97. The average molecular weight is 278 g/mol. The van der Waals surface area contributed by atoms with E-state index in [0.29, 0.717) is 12.6 Å². The van der Waals surface area contributed by atoms with Gasteiger partial charge in [-0.15, -0.1) is 0 Å². The zero-order chi connectivity index (χ0) is 13.8. The number of nitrogens with two attached hydrogens (primary N) is 1. The van der Waals surface area contributed by atoms with Crippen LogP contribution in [0.3, 0.4) is 0 Å². The van der Waals surface area contributed by atoms with E-state index in [4.69, 9.17) is 17.3 Å². The third kappa shape index (κ3) is 3.58. The second-order valence-electron chi connectivity index (χ2n) is 5.07. The Morgan fingerprint density at radius 1 is 1.32 bits per heavy atom. The van der Waals surface area contributed by atoms with Crippen molar-refractivity contribution in [2.24, 2.45) is 5.73 Å². The number of benzene rings is 1. The lowest BCUT2D eigenvalue weighted by atomic mass is 9.94. The first kappa shape index (κ1) is 14.1. The Hall–Kier alpha value is -1.32. The van der Waals surface area contributed by atoms with Gasteiger partial charge in [-0.25, -0.2) is 0 Å². The van der Waals surface area contributed by atoms with Crippen LogP contribution >= 0.6 is 11.6 Å². The third-order valence-electron chi connectivity index (χ3n) is 3.25. The first-order chi connectivity index (χ1) is 9.10. The summed E-state index contributed by atoms with van der Waals surface area (Å²) >= 11 is 6.03. The highest BCUT2D eigenvalue weighted by atomic mass is 35.5. The molecular formula is C15H20ClN3. The van der Waals surface area contributed by atoms with E-state index in [9.17, 15) is 0 Å². The van der Waals surface area contributed by atoms with Crippen LogP contribution in [-0.2, 0) is 6.42 Å². The SMILES string of the molecule is CC(C)n1ccc(CC(CN)c2cccc(Cl)c2)n1. The number of nitrogens with zero attached hydrogens (tertiary/aromatic N) is 2. The normalized spacial score (nSPS) is 12.9. The highest BCUT2D eigenvalue weighted by Crippen LogP contribution is 2.22. The van der Waals surface area contributed by atoms with Crippen LogP contribution in [0, 0.1) is 0 Å². The van der Waals surface area contributed by atoms with Crippen LogP contribution in [0.5, 0.6) is 0 Å². The molecule has 3 nitrogen and oxygen atoms in total. The van der Waals surface area contributed by atoms with Crippen LogP contribution in [0.15, 0.2) is 36.5 Å². The summed E-state index contributed by atoms with van der Waals surface area (Å²) in [4.78, 5) is 0. The Morgan fingerprint density at radius 3 is 2.68 bits per heavy atom. The van der Waals surface area contributed by atoms with Crippen LogP contribution in [0.25, 0.3) is 0 Å². The fraction of sp³-hybridized carbons (Fsp3) is 0.400. The number of aromatic nitrogens is 2. The van der Waals surface area contributed by atoms with Crippen molar-refractivity contribution >= 4 is 11.6 Å². The zero-order valence-electron chi connectivity index (χ0n) is 11.4. The maximum Gasteiger partial charge on any atom is 0.0631 e. The fourth-order valence-electron chi connectivity index (χ4n) is 2.12. The van der Waals surface area contributed by atoms with E-state index >= 15 is 0 Å². The van der Waals surface area contributed by atoms with Crippen LogP contribution in [0.2, 0.25) is 5.02 Å². The first-order valence-corrected chi connectivity index (χ1v) is 6.97. The third-order valence-corrected chi connectivity index (χ3v) is 3.49. The number of hydrogen-bond acceptors (Lipinski definition) is 2. The van der Waals surface area contributed by atoms with Gasteiger partial charge >= 0.3 is 0 Å². The minimum atomic E-state index is 0.259. The molecule has 2 N–H and O–H groups in total. The van der Waals surface area contributed by atoms with Gasteiger partial charge in [-0.1, -0.05) is 23.7 Å². The van der Waals surface area contributed by atoms with Gasteiger partial charge in [0.1, 0.15) is 0 Å². The van der Waals surface area contributed by atoms with Crippen LogP contribution in [0.4, 0.5) is 0 Å². The molecule has 2 rings (SSSR count). The lowest BCUT2D eigenvalue weighted by Crippen LogP contribution is -2.15. The molecule has 4 heteroatoms. The predicted octanol–water partition coefficient (Wildman–Crippen LogP) is 3.40. The first-order valence-electron chi connectivity index (χ1n) is 6.59. The summed E-state index contributed by atoms with van der Waals surface area (Å²) in [6, 6.07) is 10.4. The molecule has 1 aromatic carbocycles. The molecule has 2 aromatic rings. The van der Waals surface area contributed by atoms with Gasteiger partial charge < -0.3 is 5.73 Å². The van der Waals surface area contributed by atoms with Crippen molar-refractivity contribution in [2.75, 3.05) is 6.54 Å². The van der Waals surface area contributed by atoms with E-state index in [2.05, 4.69) is 31.1 Å². The summed E-state index contributed by atoms with van der Waals surface area (Å²) in [7, 11) is 0. The molecule has 1 heterocycles. The quantitative estimate of drug-likeness (QED) is 0.910. The fourth-order valence-corrected chi connectivity index (χ4v) is 2.32. The lowest BCUT2D eigenvalue weighted by molar-refractivity contribution is 0.522. The monoisotopic (exact) mass is 277 g/mol. The molecule has 0 spiro atoms. The molecule has 0 aliphatic rings. The highest BCUT2D eigenvalue weighted by Gasteiger charge is 2.13. The van der Waals surface area contributed by atoms with E-state index < -0.39 is 0 Å². The second-order valence-corrected chi connectivity index (χ2v) is 5.51. The Morgan fingerprint density at radius 2 is 2.11 bits per heavy atom. The van der Waals surface area contributed by atoms with Gasteiger partial charge in [0.15, 0.2) is 0 Å². The maximum absolute atomic E-state index is 6.03. The van der Waals surface area contributed by atoms with Crippen molar-refractivity contribution in [3.8, 4) is 0 Å². The number of halogens is 1. The summed E-state index contributed by atoms with van der Waals surface area (Å²) in [6.07, 6.45) is 2.86. The average Bonchev–Trinajstić information content (AvgIpc) is 2.84. The Labute approximate surface area is 119 Å². The molecule has 1 atom stereocenters. The summed E-state index contributed by atoms with van der Waals surface area (Å²) in [5, 5.41) is 5.33. The molecule has 0 aliphatic heterocycles. The Bertz CT molecular complexity index is 534. The van der Waals surface area contributed by atoms with Crippen molar-refractivity contribution < 1.29 is 0 Å². The molecule has 102 valence electrons. The minimum absolute atomic E-state index is 0.259. The van der Waals surface area contributed by atoms with Gasteiger partial charge in [0.2, 0.25) is 0 Å². The predicted molar refractivity (Wildman–Crippen MR) is 79.6 cm³/mol. The molecule has 19 heavy (non-hydrogen) atoms. The minimum Gasteiger partial charge on any atom is -0.330 e. The summed E-state index contributed by atoms with van der Waals surface area (Å²) in [5.74, 6) is 0.259. The van der Waals surface area contributed by atoms with E-state index in [-0.39, 0.29) is 5.92 Å². The van der Waals surface area contributed by atoms with Gasteiger partial charge in [-0.05, 0) is 50.6 Å². The summed E-state index contributed by atoms with van der Waals surface area (Å²) in [6.45, 7) is 4.83. The van der Waals surface area contributed by atoms with Crippen molar-refractivity contribution in [1.29, 1.82) is 0 Å². The Balaban J connectivity index is 2.14.